The minimum Gasteiger partial charge on any atom is -0.311 e. The summed E-state index contributed by atoms with van der Waals surface area (Å²) >= 11 is 1.49. The second-order valence-electron chi connectivity index (χ2n) is 6.28. The number of nitrogens with zero attached hydrogens (tertiary/aromatic N) is 3. The average Bonchev–Trinajstić information content (AvgIpc) is 3.25. The molecule has 0 amide bonds. The first-order valence-corrected chi connectivity index (χ1v) is 9.82. The van der Waals surface area contributed by atoms with Gasteiger partial charge < -0.3 is 5.32 Å². The lowest BCUT2D eigenvalue weighted by atomic mass is 10.1. The summed E-state index contributed by atoms with van der Waals surface area (Å²) in [6.07, 6.45) is 0. The molecule has 28 heavy (non-hydrogen) atoms. The third kappa shape index (κ3) is 3.33. The third-order valence-electron chi connectivity index (χ3n) is 4.52. The van der Waals surface area contributed by atoms with Crippen LogP contribution in [0.4, 0.5) is 0 Å². The van der Waals surface area contributed by atoms with Crippen LogP contribution in [0.25, 0.3) is 16.6 Å². The SMILES string of the molecule is CNC(C)c1nc2cccc(C#Cc3cscn3)c2c(=O)n1-c1ccccc1. The van der Waals surface area contributed by atoms with Crippen LogP contribution < -0.4 is 10.9 Å². The van der Waals surface area contributed by atoms with E-state index in [0.717, 1.165) is 5.69 Å². The van der Waals surface area contributed by atoms with Crippen LogP contribution in [0.2, 0.25) is 0 Å². The van der Waals surface area contributed by atoms with Crippen molar-refractivity contribution in [1.82, 2.24) is 19.9 Å². The second kappa shape index (κ2) is 7.77. The Bertz CT molecular complexity index is 1230. The van der Waals surface area contributed by atoms with Crippen molar-refractivity contribution in [3.05, 3.63) is 86.9 Å². The maximum Gasteiger partial charge on any atom is 0.267 e. The molecule has 1 unspecified atom stereocenters. The largest absolute Gasteiger partial charge is 0.311 e. The number of aromatic nitrogens is 3. The van der Waals surface area contributed by atoms with E-state index < -0.39 is 0 Å². The van der Waals surface area contributed by atoms with Gasteiger partial charge in [-0.25, -0.2) is 9.97 Å². The van der Waals surface area contributed by atoms with Gasteiger partial charge in [-0.1, -0.05) is 30.2 Å². The highest BCUT2D eigenvalue weighted by Gasteiger charge is 2.18. The summed E-state index contributed by atoms with van der Waals surface area (Å²) in [5.74, 6) is 6.79. The van der Waals surface area contributed by atoms with Crippen LogP contribution >= 0.6 is 11.3 Å². The van der Waals surface area contributed by atoms with E-state index in [4.69, 9.17) is 4.98 Å². The maximum absolute atomic E-state index is 13.6. The molecule has 2 aromatic carbocycles. The lowest BCUT2D eigenvalue weighted by molar-refractivity contribution is 0.589. The Kier molecular flexibility index (Phi) is 5.02. The Balaban J connectivity index is 2.02. The maximum atomic E-state index is 13.6. The molecule has 0 saturated carbocycles. The highest BCUT2D eigenvalue weighted by molar-refractivity contribution is 7.07. The van der Waals surface area contributed by atoms with E-state index in [2.05, 4.69) is 22.1 Å². The Morgan fingerprint density at radius 3 is 2.64 bits per heavy atom. The normalized spacial score (nSPS) is 11.8. The van der Waals surface area contributed by atoms with Gasteiger partial charge in [-0.3, -0.25) is 9.36 Å². The average molecular weight is 386 g/mol. The summed E-state index contributed by atoms with van der Waals surface area (Å²) in [4.78, 5) is 22.6. The van der Waals surface area contributed by atoms with Gasteiger partial charge in [0.2, 0.25) is 0 Å². The van der Waals surface area contributed by atoms with Crippen molar-refractivity contribution in [3.8, 4) is 17.5 Å². The molecule has 1 atom stereocenters. The Labute approximate surface area is 166 Å². The fourth-order valence-electron chi connectivity index (χ4n) is 3.00. The molecule has 5 nitrogen and oxygen atoms in total. The molecule has 0 aliphatic heterocycles. The van der Waals surface area contributed by atoms with Crippen LogP contribution in [-0.2, 0) is 0 Å². The Hall–Kier alpha value is -3.27. The molecule has 0 bridgehead atoms. The van der Waals surface area contributed by atoms with Gasteiger partial charge in [0.25, 0.3) is 5.56 Å². The smallest absolute Gasteiger partial charge is 0.267 e. The van der Waals surface area contributed by atoms with Gasteiger partial charge in [-0.2, -0.15) is 0 Å². The molecule has 0 aliphatic rings. The van der Waals surface area contributed by atoms with E-state index in [9.17, 15) is 4.79 Å². The number of nitrogens with one attached hydrogen (secondary N) is 1. The third-order valence-corrected chi connectivity index (χ3v) is 5.10. The molecule has 0 fully saturated rings. The van der Waals surface area contributed by atoms with E-state index >= 15 is 0 Å². The molecule has 0 saturated heterocycles. The van der Waals surface area contributed by atoms with Crippen molar-refractivity contribution in [2.24, 2.45) is 0 Å². The van der Waals surface area contributed by atoms with Crippen molar-refractivity contribution >= 4 is 22.2 Å². The number of thiazole rings is 1. The number of hydrogen-bond acceptors (Lipinski definition) is 5. The minimum atomic E-state index is -0.128. The number of hydrogen-bond donors (Lipinski definition) is 1. The highest BCUT2D eigenvalue weighted by atomic mass is 32.1. The molecule has 0 spiro atoms. The van der Waals surface area contributed by atoms with Crippen LogP contribution in [0, 0.1) is 11.8 Å². The van der Waals surface area contributed by atoms with E-state index in [1.807, 2.05) is 67.9 Å². The van der Waals surface area contributed by atoms with Gasteiger partial charge in [0, 0.05) is 10.9 Å². The summed E-state index contributed by atoms with van der Waals surface area (Å²) in [6.45, 7) is 1.99. The summed E-state index contributed by atoms with van der Waals surface area (Å²) < 4.78 is 1.66. The number of rotatable bonds is 3. The van der Waals surface area contributed by atoms with E-state index in [1.165, 1.54) is 11.3 Å². The van der Waals surface area contributed by atoms with Crippen LogP contribution in [0.5, 0.6) is 0 Å². The topological polar surface area (TPSA) is 59.8 Å². The fraction of sp³-hybridized carbons (Fsp3) is 0.136. The molecule has 4 aromatic rings. The zero-order valence-corrected chi connectivity index (χ0v) is 16.3. The van der Waals surface area contributed by atoms with Crippen LogP contribution in [-0.4, -0.2) is 21.6 Å². The van der Waals surface area contributed by atoms with Crippen molar-refractivity contribution in [2.45, 2.75) is 13.0 Å². The molecule has 0 radical (unpaired) electrons. The highest BCUT2D eigenvalue weighted by Crippen LogP contribution is 2.19. The lowest BCUT2D eigenvalue weighted by Gasteiger charge is -2.18. The summed E-state index contributed by atoms with van der Waals surface area (Å²) in [5.41, 5.74) is 4.37. The predicted molar refractivity (Wildman–Crippen MR) is 113 cm³/mol. The molecular formula is C22H18N4OS. The van der Waals surface area contributed by atoms with Gasteiger partial charge in [-0.05, 0) is 44.2 Å². The van der Waals surface area contributed by atoms with Crippen LogP contribution in [0.15, 0.2) is 64.2 Å². The van der Waals surface area contributed by atoms with E-state index in [1.54, 1.807) is 10.1 Å². The number of fused-ring (bicyclic) bond motifs is 1. The number of benzene rings is 2. The second-order valence-corrected chi connectivity index (χ2v) is 7.00. The van der Waals surface area contributed by atoms with Crippen molar-refractivity contribution in [2.75, 3.05) is 7.05 Å². The minimum absolute atomic E-state index is 0.0953. The molecule has 4 rings (SSSR count). The van der Waals surface area contributed by atoms with Gasteiger partial charge in [0.15, 0.2) is 0 Å². The van der Waals surface area contributed by atoms with E-state index in [-0.39, 0.29) is 11.6 Å². The first-order chi connectivity index (χ1) is 13.7. The first-order valence-electron chi connectivity index (χ1n) is 8.87. The van der Waals surface area contributed by atoms with Crippen molar-refractivity contribution in [3.63, 3.8) is 0 Å². The Morgan fingerprint density at radius 1 is 1.11 bits per heavy atom. The van der Waals surface area contributed by atoms with E-state index in [0.29, 0.717) is 28.0 Å². The number of para-hydroxylation sites is 1. The van der Waals surface area contributed by atoms with Crippen LogP contribution in [0.1, 0.15) is 30.0 Å². The zero-order valence-electron chi connectivity index (χ0n) is 15.5. The predicted octanol–water partition coefficient (Wildman–Crippen LogP) is 3.52. The first kappa shape index (κ1) is 18.1. The van der Waals surface area contributed by atoms with Crippen molar-refractivity contribution < 1.29 is 0 Å². The molecule has 138 valence electrons. The molecule has 1 N–H and O–H groups in total. The molecule has 0 aliphatic carbocycles. The molecular weight excluding hydrogens is 368 g/mol. The monoisotopic (exact) mass is 386 g/mol. The van der Waals surface area contributed by atoms with Gasteiger partial charge in [0.1, 0.15) is 11.5 Å². The summed E-state index contributed by atoms with van der Waals surface area (Å²) in [6, 6.07) is 15.0. The standard InChI is InChI=1S/C22H18N4OS/c1-15(23-2)21-25-19-10-6-7-16(11-12-17-13-28-14-24-17)20(19)22(27)26(21)18-8-4-3-5-9-18/h3-10,13-15,23H,1-2H3. The Morgan fingerprint density at radius 2 is 1.93 bits per heavy atom. The molecule has 2 aromatic heterocycles. The van der Waals surface area contributed by atoms with Crippen molar-refractivity contribution in [1.29, 1.82) is 0 Å². The van der Waals surface area contributed by atoms with Gasteiger partial charge in [0.05, 0.1) is 28.1 Å². The molecule has 6 heteroatoms. The zero-order chi connectivity index (χ0) is 19.5. The molecule has 2 heterocycles. The summed E-state index contributed by atoms with van der Waals surface area (Å²) in [5, 5.41) is 5.58. The summed E-state index contributed by atoms with van der Waals surface area (Å²) in [7, 11) is 1.85. The lowest BCUT2D eigenvalue weighted by Crippen LogP contribution is -2.29. The van der Waals surface area contributed by atoms with Gasteiger partial charge in [-0.15, -0.1) is 11.3 Å². The quantitative estimate of drug-likeness (QED) is 0.547. The fourth-order valence-corrected chi connectivity index (χ4v) is 3.49. The van der Waals surface area contributed by atoms with Crippen LogP contribution in [0.3, 0.4) is 0 Å². The van der Waals surface area contributed by atoms with Gasteiger partial charge >= 0.3 is 0 Å².